The Kier molecular flexibility index (Phi) is 5.70. The average Bonchev–Trinajstić information content (AvgIpc) is 3.46. The zero-order valence-electron chi connectivity index (χ0n) is 17.1. The summed E-state index contributed by atoms with van der Waals surface area (Å²) in [6.07, 6.45) is 0. The van der Waals surface area contributed by atoms with Crippen LogP contribution in [0, 0.1) is 6.92 Å². The number of rotatable bonds is 6. The van der Waals surface area contributed by atoms with E-state index in [1.165, 1.54) is 17.3 Å². The Morgan fingerprint density at radius 1 is 0.812 bits per heavy atom. The smallest absolute Gasteiger partial charge is 0.196 e. The van der Waals surface area contributed by atoms with Crippen molar-refractivity contribution < 1.29 is 0 Å². The van der Waals surface area contributed by atoms with Crippen LogP contribution in [0.1, 0.15) is 11.4 Å². The summed E-state index contributed by atoms with van der Waals surface area (Å²) >= 11 is 7.61. The van der Waals surface area contributed by atoms with Crippen LogP contribution in [0.25, 0.3) is 22.8 Å². The molecule has 0 saturated heterocycles. The molecular formula is C23H18ClN7S. The van der Waals surface area contributed by atoms with Crippen LogP contribution in [-0.2, 0) is 5.75 Å². The van der Waals surface area contributed by atoms with Gasteiger partial charge in [-0.3, -0.25) is 4.57 Å². The molecule has 0 aliphatic heterocycles. The van der Waals surface area contributed by atoms with Gasteiger partial charge in [0.2, 0.25) is 0 Å². The van der Waals surface area contributed by atoms with Gasteiger partial charge >= 0.3 is 0 Å². The van der Waals surface area contributed by atoms with Crippen molar-refractivity contribution in [3.8, 4) is 22.8 Å². The monoisotopic (exact) mass is 459 g/mol. The molecule has 0 amide bonds. The number of benzene rings is 3. The number of thioether (sulfide) groups is 1. The minimum absolute atomic E-state index is 0.534. The van der Waals surface area contributed by atoms with Gasteiger partial charge in [0.05, 0.1) is 11.4 Å². The summed E-state index contributed by atoms with van der Waals surface area (Å²) < 4.78 is 3.78. The normalized spacial score (nSPS) is 11.1. The van der Waals surface area contributed by atoms with Crippen LogP contribution in [0.4, 0.5) is 0 Å². The SMILES string of the molecule is Cc1ccc(-n2c(SCc3nnnn3-c3ccccc3)nnc2-c2ccc(Cl)cc2)cc1. The lowest BCUT2D eigenvalue weighted by Crippen LogP contribution is -2.03. The molecule has 5 aromatic rings. The summed E-state index contributed by atoms with van der Waals surface area (Å²) in [5.41, 5.74) is 4.01. The van der Waals surface area contributed by atoms with Gasteiger partial charge in [0, 0.05) is 16.3 Å². The van der Waals surface area contributed by atoms with Crippen molar-refractivity contribution in [2.24, 2.45) is 0 Å². The molecule has 0 unspecified atom stereocenters. The summed E-state index contributed by atoms with van der Waals surface area (Å²) in [6.45, 7) is 2.06. The van der Waals surface area contributed by atoms with Crippen LogP contribution in [0.2, 0.25) is 5.02 Å². The van der Waals surface area contributed by atoms with Crippen molar-refractivity contribution in [3.05, 3.63) is 95.3 Å². The summed E-state index contributed by atoms with van der Waals surface area (Å²) in [7, 11) is 0. The third-order valence-corrected chi connectivity index (χ3v) is 6.07. The molecule has 158 valence electrons. The van der Waals surface area contributed by atoms with Crippen LogP contribution < -0.4 is 0 Å². The number of tetrazole rings is 1. The van der Waals surface area contributed by atoms with E-state index < -0.39 is 0 Å². The maximum atomic E-state index is 6.08. The Hall–Kier alpha value is -3.49. The number of hydrogen-bond donors (Lipinski definition) is 0. The number of aromatic nitrogens is 7. The Morgan fingerprint density at radius 2 is 1.56 bits per heavy atom. The first kappa shape index (κ1) is 20.4. The van der Waals surface area contributed by atoms with E-state index in [0.29, 0.717) is 10.8 Å². The van der Waals surface area contributed by atoms with Gasteiger partial charge in [-0.2, -0.15) is 4.68 Å². The fourth-order valence-electron chi connectivity index (χ4n) is 3.27. The van der Waals surface area contributed by atoms with Crippen LogP contribution >= 0.6 is 23.4 Å². The molecule has 9 heteroatoms. The summed E-state index contributed by atoms with van der Waals surface area (Å²) in [5, 5.41) is 22.6. The van der Waals surface area contributed by atoms with Gasteiger partial charge in [0.1, 0.15) is 0 Å². The van der Waals surface area contributed by atoms with Crippen molar-refractivity contribution in [2.75, 3.05) is 0 Å². The maximum absolute atomic E-state index is 6.08. The fourth-order valence-corrected chi connectivity index (χ4v) is 4.25. The molecule has 2 aromatic heterocycles. The van der Waals surface area contributed by atoms with E-state index in [1.54, 1.807) is 4.68 Å². The molecule has 0 N–H and O–H groups in total. The molecular weight excluding hydrogens is 442 g/mol. The van der Waals surface area contributed by atoms with Crippen LogP contribution in [0.5, 0.6) is 0 Å². The second-order valence-electron chi connectivity index (χ2n) is 7.12. The molecule has 0 bridgehead atoms. The lowest BCUT2D eigenvalue weighted by atomic mass is 10.2. The van der Waals surface area contributed by atoms with Crippen molar-refractivity contribution in [2.45, 2.75) is 17.8 Å². The highest BCUT2D eigenvalue weighted by Gasteiger charge is 2.18. The zero-order valence-corrected chi connectivity index (χ0v) is 18.7. The Labute approximate surface area is 194 Å². The van der Waals surface area contributed by atoms with Crippen molar-refractivity contribution >= 4 is 23.4 Å². The fraction of sp³-hybridized carbons (Fsp3) is 0.0870. The van der Waals surface area contributed by atoms with E-state index in [9.17, 15) is 0 Å². The predicted octanol–water partition coefficient (Wildman–Crippen LogP) is 5.16. The molecule has 32 heavy (non-hydrogen) atoms. The van der Waals surface area contributed by atoms with Gasteiger partial charge in [-0.15, -0.1) is 15.3 Å². The topological polar surface area (TPSA) is 74.3 Å². The Bertz CT molecular complexity index is 1330. The maximum Gasteiger partial charge on any atom is 0.196 e. The number of hydrogen-bond acceptors (Lipinski definition) is 6. The standard InChI is InChI=1S/C23H18ClN7S/c1-16-7-13-19(14-8-16)30-22(17-9-11-18(24)12-10-17)26-27-23(30)32-15-21-25-28-29-31(21)20-5-3-2-4-6-20/h2-14H,15H2,1H3. The van der Waals surface area contributed by atoms with Gasteiger partial charge in [-0.1, -0.05) is 59.3 Å². The van der Waals surface area contributed by atoms with E-state index in [0.717, 1.165) is 33.7 Å². The predicted molar refractivity (Wildman–Crippen MR) is 125 cm³/mol. The molecule has 0 aliphatic rings. The minimum Gasteiger partial charge on any atom is -0.270 e. The van der Waals surface area contributed by atoms with Crippen LogP contribution in [0.3, 0.4) is 0 Å². The molecule has 0 saturated carbocycles. The van der Waals surface area contributed by atoms with Crippen molar-refractivity contribution in [1.29, 1.82) is 0 Å². The largest absolute Gasteiger partial charge is 0.270 e. The third kappa shape index (κ3) is 4.15. The molecule has 7 nitrogen and oxygen atoms in total. The molecule has 0 spiro atoms. The van der Waals surface area contributed by atoms with E-state index in [-0.39, 0.29) is 0 Å². The van der Waals surface area contributed by atoms with Gasteiger partial charge in [0.25, 0.3) is 0 Å². The lowest BCUT2D eigenvalue weighted by molar-refractivity contribution is 0.777. The number of halogens is 1. The van der Waals surface area contributed by atoms with Gasteiger partial charge in [-0.25, -0.2) is 0 Å². The highest BCUT2D eigenvalue weighted by Crippen LogP contribution is 2.30. The second kappa shape index (κ2) is 8.94. The number of para-hydroxylation sites is 1. The molecule has 0 atom stereocenters. The first-order valence-corrected chi connectivity index (χ1v) is 11.3. The summed E-state index contributed by atoms with van der Waals surface area (Å²) in [5.74, 6) is 2.01. The van der Waals surface area contributed by atoms with E-state index in [4.69, 9.17) is 11.6 Å². The molecule has 0 fully saturated rings. The van der Waals surface area contributed by atoms with Crippen molar-refractivity contribution in [3.63, 3.8) is 0 Å². The van der Waals surface area contributed by atoms with Gasteiger partial charge in [-0.05, 0) is 65.9 Å². The van der Waals surface area contributed by atoms with E-state index >= 15 is 0 Å². The Morgan fingerprint density at radius 3 is 2.31 bits per heavy atom. The zero-order chi connectivity index (χ0) is 21.9. The summed E-state index contributed by atoms with van der Waals surface area (Å²) in [4.78, 5) is 0. The quantitative estimate of drug-likeness (QED) is 0.326. The first-order valence-electron chi connectivity index (χ1n) is 9.93. The highest BCUT2D eigenvalue weighted by molar-refractivity contribution is 7.98. The molecule has 0 aliphatic carbocycles. The first-order chi connectivity index (χ1) is 15.7. The second-order valence-corrected chi connectivity index (χ2v) is 8.49. The number of nitrogens with zero attached hydrogens (tertiary/aromatic N) is 7. The van der Waals surface area contributed by atoms with Gasteiger partial charge in [0.15, 0.2) is 16.8 Å². The van der Waals surface area contributed by atoms with Crippen LogP contribution in [0.15, 0.2) is 84.0 Å². The van der Waals surface area contributed by atoms with Crippen LogP contribution in [-0.4, -0.2) is 35.0 Å². The molecule has 3 aromatic carbocycles. The Balaban J connectivity index is 1.50. The summed E-state index contributed by atoms with van der Waals surface area (Å²) in [6, 6.07) is 25.7. The van der Waals surface area contributed by atoms with E-state index in [2.05, 4.69) is 56.9 Å². The molecule has 5 rings (SSSR count). The third-order valence-electron chi connectivity index (χ3n) is 4.89. The lowest BCUT2D eigenvalue weighted by Gasteiger charge is -2.11. The molecule has 0 radical (unpaired) electrons. The van der Waals surface area contributed by atoms with Gasteiger partial charge < -0.3 is 0 Å². The highest BCUT2D eigenvalue weighted by atomic mass is 35.5. The van der Waals surface area contributed by atoms with Crippen molar-refractivity contribution in [1.82, 2.24) is 35.0 Å². The minimum atomic E-state index is 0.534. The number of aryl methyl sites for hydroxylation is 1. The molecule has 2 heterocycles. The average molecular weight is 460 g/mol. The van der Waals surface area contributed by atoms with E-state index in [1.807, 2.05) is 59.2 Å².